The molecule has 3 rings (SSSR count). The lowest BCUT2D eigenvalue weighted by Crippen LogP contribution is -2.12. The van der Waals surface area contributed by atoms with Crippen LogP contribution in [0.2, 0.25) is 0 Å². The molecule has 5 nitrogen and oxygen atoms in total. The van der Waals surface area contributed by atoms with Gasteiger partial charge in [-0.25, -0.2) is 4.98 Å². The second-order valence-electron chi connectivity index (χ2n) is 5.20. The summed E-state index contributed by atoms with van der Waals surface area (Å²) in [5, 5.41) is 7.52. The van der Waals surface area contributed by atoms with E-state index in [1.54, 1.807) is 0 Å². The summed E-state index contributed by atoms with van der Waals surface area (Å²) in [6.07, 6.45) is 1.70. The largest absolute Gasteiger partial charge is 0.297 e. The van der Waals surface area contributed by atoms with Gasteiger partial charge in [0, 0.05) is 0 Å². The van der Waals surface area contributed by atoms with Gasteiger partial charge in [-0.05, 0) is 49.0 Å². The molecule has 7 heteroatoms. The maximum atomic E-state index is 12.4. The first-order chi connectivity index (χ1) is 10.6. The van der Waals surface area contributed by atoms with Crippen LogP contribution >= 0.6 is 22.9 Å². The topological polar surface area (TPSA) is 67.8 Å². The van der Waals surface area contributed by atoms with Crippen LogP contribution in [0.15, 0.2) is 12.1 Å². The third kappa shape index (κ3) is 2.86. The van der Waals surface area contributed by atoms with Gasteiger partial charge in [0.2, 0.25) is 0 Å². The fourth-order valence-corrected chi connectivity index (χ4v) is 3.88. The summed E-state index contributed by atoms with van der Waals surface area (Å²) in [6, 6.07) is 4.16. The summed E-state index contributed by atoms with van der Waals surface area (Å²) in [5.41, 5.74) is 4.04. The van der Waals surface area contributed by atoms with Crippen LogP contribution in [0.4, 0.5) is 5.13 Å². The highest BCUT2D eigenvalue weighted by atomic mass is 32.1. The van der Waals surface area contributed by atoms with Crippen molar-refractivity contribution in [2.45, 2.75) is 33.6 Å². The van der Waals surface area contributed by atoms with E-state index in [9.17, 15) is 4.79 Å². The number of hydrogen-bond donors (Lipinski definition) is 1. The van der Waals surface area contributed by atoms with E-state index in [0.717, 1.165) is 40.3 Å². The quantitative estimate of drug-likeness (QED) is 0.785. The highest BCUT2D eigenvalue weighted by molar-refractivity contribution is 7.22. The Hall–Kier alpha value is -1.86. The molecule has 0 saturated carbocycles. The molecule has 22 heavy (non-hydrogen) atoms. The fraction of sp³-hybridized carbons (Fsp3) is 0.333. The third-order valence-electron chi connectivity index (χ3n) is 3.29. The molecule has 1 N–H and O–H groups in total. The average Bonchev–Trinajstić information content (AvgIpc) is 3.05. The van der Waals surface area contributed by atoms with Gasteiger partial charge in [-0.15, -0.1) is 5.10 Å². The maximum absolute atomic E-state index is 12.4. The lowest BCUT2D eigenvalue weighted by molar-refractivity contribution is 0.102. The summed E-state index contributed by atoms with van der Waals surface area (Å²) in [6.45, 7) is 6.16. The summed E-state index contributed by atoms with van der Waals surface area (Å²) < 4.78 is 4.99. The number of benzene rings is 1. The molecule has 1 aromatic carbocycles. The molecular formula is C15H16N4OS2. The van der Waals surface area contributed by atoms with Gasteiger partial charge in [0.15, 0.2) is 5.13 Å². The van der Waals surface area contributed by atoms with Crippen molar-refractivity contribution in [2.24, 2.45) is 0 Å². The smallest absolute Gasteiger partial charge is 0.271 e. The zero-order valence-corrected chi connectivity index (χ0v) is 14.3. The number of nitrogens with one attached hydrogen (secondary N) is 1. The van der Waals surface area contributed by atoms with Crippen molar-refractivity contribution in [3.63, 3.8) is 0 Å². The van der Waals surface area contributed by atoms with Crippen LogP contribution in [0.5, 0.6) is 0 Å². The van der Waals surface area contributed by atoms with Crippen LogP contribution in [-0.2, 0) is 6.42 Å². The Balaban J connectivity index is 1.88. The van der Waals surface area contributed by atoms with Crippen molar-refractivity contribution in [1.29, 1.82) is 0 Å². The number of carbonyl (C=O) groups is 1. The molecule has 0 spiro atoms. The normalized spacial score (nSPS) is 11.0. The van der Waals surface area contributed by atoms with Crippen LogP contribution in [-0.4, -0.2) is 20.5 Å². The zero-order chi connectivity index (χ0) is 15.7. The molecular weight excluding hydrogens is 316 g/mol. The van der Waals surface area contributed by atoms with E-state index in [-0.39, 0.29) is 5.91 Å². The highest BCUT2D eigenvalue weighted by Crippen LogP contribution is 2.30. The number of rotatable bonds is 4. The number of thiazole rings is 1. The second kappa shape index (κ2) is 6.10. The first-order valence-electron chi connectivity index (χ1n) is 7.09. The molecule has 0 aliphatic heterocycles. The Kier molecular flexibility index (Phi) is 4.17. The van der Waals surface area contributed by atoms with E-state index in [4.69, 9.17) is 0 Å². The minimum atomic E-state index is -0.174. The van der Waals surface area contributed by atoms with E-state index in [2.05, 4.69) is 39.8 Å². The molecule has 0 atom stereocenters. The number of amides is 1. The van der Waals surface area contributed by atoms with E-state index in [1.807, 2.05) is 13.0 Å². The Bertz CT molecular complexity index is 837. The number of fused-ring (bicyclic) bond motifs is 1. The van der Waals surface area contributed by atoms with Gasteiger partial charge in [-0.2, -0.15) is 0 Å². The van der Waals surface area contributed by atoms with Gasteiger partial charge < -0.3 is 0 Å². The van der Waals surface area contributed by atoms with Crippen LogP contribution in [0.1, 0.15) is 39.8 Å². The molecule has 1 amide bonds. The summed E-state index contributed by atoms with van der Waals surface area (Å²) in [4.78, 5) is 17.5. The van der Waals surface area contributed by atoms with E-state index in [0.29, 0.717) is 10.0 Å². The number of anilines is 1. The number of carbonyl (C=O) groups excluding carboxylic acids is 1. The molecule has 0 aliphatic rings. The van der Waals surface area contributed by atoms with Gasteiger partial charge in [0.25, 0.3) is 5.91 Å². The Labute approximate surface area is 136 Å². The minimum Gasteiger partial charge on any atom is -0.297 e. The van der Waals surface area contributed by atoms with Crippen LogP contribution in [0, 0.1) is 13.8 Å². The van der Waals surface area contributed by atoms with Crippen molar-refractivity contribution in [1.82, 2.24) is 14.6 Å². The SMILES string of the molecule is CCCc1nnsc1C(=O)Nc1nc2cc(C)cc(C)c2s1. The molecule has 0 radical (unpaired) electrons. The van der Waals surface area contributed by atoms with Crippen LogP contribution in [0.3, 0.4) is 0 Å². The van der Waals surface area contributed by atoms with E-state index in [1.165, 1.54) is 22.5 Å². The van der Waals surface area contributed by atoms with E-state index < -0.39 is 0 Å². The maximum Gasteiger partial charge on any atom is 0.271 e. The van der Waals surface area contributed by atoms with Gasteiger partial charge in [-0.1, -0.05) is 35.2 Å². The predicted molar refractivity (Wildman–Crippen MR) is 91.0 cm³/mol. The molecule has 2 heterocycles. The highest BCUT2D eigenvalue weighted by Gasteiger charge is 2.17. The number of nitrogens with zero attached hydrogens (tertiary/aromatic N) is 3. The molecule has 0 fully saturated rings. The molecule has 0 aliphatic carbocycles. The van der Waals surface area contributed by atoms with Gasteiger partial charge in [0.1, 0.15) is 4.88 Å². The molecule has 114 valence electrons. The monoisotopic (exact) mass is 332 g/mol. The molecule has 2 aromatic heterocycles. The van der Waals surface area contributed by atoms with Crippen LogP contribution in [0.25, 0.3) is 10.2 Å². The summed E-state index contributed by atoms with van der Waals surface area (Å²) >= 11 is 2.63. The lowest BCUT2D eigenvalue weighted by atomic mass is 10.1. The van der Waals surface area contributed by atoms with Gasteiger partial charge >= 0.3 is 0 Å². The Morgan fingerprint density at radius 2 is 2.14 bits per heavy atom. The lowest BCUT2D eigenvalue weighted by Gasteiger charge is -1.99. The van der Waals surface area contributed by atoms with E-state index >= 15 is 0 Å². The standard InChI is InChI=1S/C15H16N4OS2/c1-4-5-10-13(22-19-18-10)14(20)17-15-16-11-7-8(2)6-9(3)12(11)21-15/h6-7H,4-5H2,1-3H3,(H,16,17,20). The third-order valence-corrected chi connectivity index (χ3v) is 5.18. The van der Waals surface area contributed by atoms with Gasteiger partial charge in [0.05, 0.1) is 15.9 Å². The Morgan fingerprint density at radius 1 is 1.32 bits per heavy atom. The fourth-order valence-electron chi connectivity index (χ4n) is 2.37. The van der Waals surface area contributed by atoms with Crippen molar-refractivity contribution in [2.75, 3.05) is 5.32 Å². The summed E-state index contributed by atoms with van der Waals surface area (Å²) in [5.74, 6) is -0.174. The second-order valence-corrected chi connectivity index (χ2v) is 6.96. The first kappa shape index (κ1) is 15.1. The first-order valence-corrected chi connectivity index (χ1v) is 8.68. The molecule has 3 aromatic rings. The number of hydrogen-bond acceptors (Lipinski definition) is 6. The van der Waals surface area contributed by atoms with Crippen LogP contribution < -0.4 is 5.32 Å². The summed E-state index contributed by atoms with van der Waals surface area (Å²) in [7, 11) is 0. The molecule has 0 bridgehead atoms. The molecule has 0 saturated heterocycles. The van der Waals surface area contributed by atoms with Crippen molar-refractivity contribution in [3.05, 3.63) is 33.8 Å². The zero-order valence-electron chi connectivity index (χ0n) is 12.6. The predicted octanol–water partition coefficient (Wildman–Crippen LogP) is 3.97. The van der Waals surface area contributed by atoms with Gasteiger partial charge in [-0.3, -0.25) is 10.1 Å². The number of aryl methyl sites for hydroxylation is 3. The average molecular weight is 332 g/mol. The van der Waals surface area contributed by atoms with Crippen molar-refractivity contribution < 1.29 is 4.79 Å². The molecule has 0 unspecified atom stereocenters. The van der Waals surface area contributed by atoms with Crippen molar-refractivity contribution >= 4 is 44.1 Å². The van der Waals surface area contributed by atoms with Crippen molar-refractivity contribution in [3.8, 4) is 0 Å². The number of aromatic nitrogens is 3. The minimum absolute atomic E-state index is 0.174. The Morgan fingerprint density at radius 3 is 2.91 bits per heavy atom.